The van der Waals surface area contributed by atoms with E-state index >= 15 is 0 Å². The number of thiophene rings is 1. The third kappa shape index (κ3) is 3.59. The van der Waals surface area contributed by atoms with Crippen molar-refractivity contribution in [3.8, 4) is 5.69 Å². The van der Waals surface area contributed by atoms with Crippen molar-refractivity contribution in [2.45, 2.75) is 20.4 Å². The van der Waals surface area contributed by atoms with Crippen LogP contribution >= 0.6 is 11.3 Å². The summed E-state index contributed by atoms with van der Waals surface area (Å²) in [5.41, 5.74) is 3.05. The van der Waals surface area contributed by atoms with Crippen LogP contribution in [-0.2, 0) is 6.54 Å². The Labute approximate surface area is 172 Å². The molecule has 0 bridgehead atoms. The lowest BCUT2D eigenvalue weighted by Crippen LogP contribution is -2.26. The van der Waals surface area contributed by atoms with Crippen LogP contribution in [0.4, 0.5) is 0 Å². The van der Waals surface area contributed by atoms with Gasteiger partial charge in [0.2, 0.25) is 0 Å². The number of aryl methyl sites for hydroxylation is 2. The largest absolute Gasteiger partial charge is 0.337 e. The lowest BCUT2D eigenvalue weighted by molar-refractivity contribution is 0.0786. The average molecular weight is 404 g/mol. The molecule has 0 radical (unpaired) electrons. The Bertz CT molecular complexity index is 1260. The van der Waals surface area contributed by atoms with Gasteiger partial charge in [0.1, 0.15) is 5.82 Å². The van der Waals surface area contributed by atoms with Crippen molar-refractivity contribution in [1.29, 1.82) is 0 Å². The van der Waals surface area contributed by atoms with Gasteiger partial charge in [-0.2, -0.15) is 0 Å². The topological polar surface area (TPSA) is 55.2 Å². The molecule has 0 aliphatic heterocycles. The number of carbonyl (C=O) groups is 1. The molecular weight excluding hydrogens is 382 g/mol. The number of nitrogens with zero attached hydrogens (tertiary/aromatic N) is 3. The molecule has 0 atom stereocenters. The summed E-state index contributed by atoms with van der Waals surface area (Å²) >= 11 is 1.66. The van der Waals surface area contributed by atoms with Crippen LogP contribution in [0, 0.1) is 13.8 Å². The number of para-hydroxylation sites is 1. The highest BCUT2D eigenvalue weighted by Crippen LogP contribution is 2.19. The van der Waals surface area contributed by atoms with E-state index in [1.807, 2.05) is 30.5 Å². The molecule has 2 aromatic heterocycles. The van der Waals surface area contributed by atoms with Gasteiger partial charge in [0, 0.05) is 17.5 Å². The lowest BCUT2D eigenvalue weighted by Gasteiger charge is -2.17. The van der Waals surface area contributed by atoms with Crippen molar-refractivity contribution >= 4 is 28.1 Å². The molecule has 0 saturated heterocycles. The second-order valence-corrected chi connectivity index (χ2v) is 8.05. The number of hydrogen-bond donors (Lipinski definition) is 0. The molecule has 29 heavy (non-hydrogen) atoms. The Morgan fingerprint density at radius 2 is 1.79 bits per heavy atom. The van der Waals surface area contributed by atoms with Crippen molar-refractivity contribution in [3.63, 3.8) is 0 Å². The zero-order valence-electron chi connectivity index (χ0n) is 16.5. The Kier molecular flexibility index (Phi) is 5.03. The minimum Gasteiger partial charge on any atom is -0.337 e. The summed E-state index contributed by atoms with van der Waals surface area (Å²) in [6, 6.07) is 16.5. The van der Waals surface area contributed by atoms with E-state index in [4.69, 9.17) is 0 Å². The first-order valence-corrected chi connectivity index (χ1v) is 10.2. The summed E-state index contributed by atoms with van der Waals surface area (Å²) in [7, 11) is 1.80. The fraction of sp³-hybridized carbons (Fsp3) is 0.174. The molecule has 0 N–H and O–H groups in total. The van der Waals surface area contributed by atoms with Crippen molar-refractivity contribution in [2.75, 3.05) is 7.05 Å². The number of carbonyl (C=O) groups excluding carboxylic acids is 1. The standard InChI is InChI=1S/C23H21N3O2S/c1-15-12-13-29-21(15)14-25(3)22(27)17-8-10-18(11-9-17)26-16(2)24-20-7-5-4-6-19(20)23(26)28/h4-13H,14H2,1-3H3. The Morgan fingerprint density at radius 3 is 2.48 bits per heavy atom. The highest BCUT2D eigenvalue weighted by Gasteiger charge is 2.15. The first-order valence-electron chi connectivity index (χ1n) is 9.33. The first-order chi connectivity index (χ1) is 14.0. The predicted molar refractivity (Wildman–Crippen MR) is 117 cm³/mol. The van der Waals surface area contributed by atoms with Gasteiger partial charge in [0.25, 0.3) is 11.5 Å². The van der Waals surface area contributed by atoms with E-state index in [-0.39, 0.29) is 11.5 Å². The molecule has 0 aliphatic rings. The van der Waals surface area contributed by atoms with Crippen LogP contribution in [0.2, 0.25) is 0 Å². The number of rotatable bonds is 4. The molecule has 0 spiro atoms. The monoisotopic (exact) mass is 403 g/mol. The maximum absolute atomic E-state index is 12.9. The minimum absolute atomic E-state index is 0.0509. The first kappa shape index (κ1) is 19.1. The molecule has 0 saturated carbocycles. The fourth-order valence-corrected chi connectivity index (χ4v) is 4.33. The molecule has 2 heterocycles. The van der Waals surface area contributed by atoms with E-state index in [1.165, 1.54) is 10.4 Å². The predicted octanol–water partition coefficient (Wildman–Crippen LogP) is 4.34. The van der Waals surface area contributed by atoms with Gasteiger partial charge in [-0.25, -0.2) is 4.98 Å². The third-order valence-corrected chi connectivity index (χ3v) is 6.02. The minimum atomic E-state index is -0.113. The maximum atomic E-state index is 12.9. The van der Waals surface area contributed by atoms with Gasteiger partial charge in [0.05, 0.1) is 23.1 Å². The molecule has 4 aromatic rings. The molecule has 0 unspecified atom stereocenters. The van der Waals surface area contributed by atoms with Gasteiger partial charge in [-0.1, -0.05) is 12.1 Å². The van der Waals surface area contributed by atoms with Crippen LogP contribution < -0.4 is 5.56 Å². The summed E-state index contributed by atoms with van der Waals surface area (Å²) < 4.78 is 1.58. The second-order valence-electron chi connectivity index (χ2n) is 7.05. The van der Waals surface area contributed by atoms with Gasteiger partial charge in [-0.15, -0.1) is 11.3 Å². The quantitative estimate of drug-likeness (QED) is 0.509. The molecule has 146 valence electrons. The number of amides is 1. The van der Waals surface area contributed by atoms with Crippen molar-refractivity contribution < 1.29 is 4.79 Å². The number of benzene rings is 2. The van der Waals surface area contributed by atoms with Crippen LogP contribution in [0.15, 0.2) is 64.8 Å². The van der Waals surface area contributed by atoms with Crippen LogP contribution in [0.5, 0.6) is 0 Å². The van der Waals surface area contributed by atoms with Gasteiger partial charge in [-0.3, -0.25) is 14.2 Å². The van der Waals surface area contributed by atoms with Crippen LogP contribution in [0.3, 0.4) is 0 Å². The second kappa shape index (κ2) is 7.64. The van der Waals surface area contributed by atoms with Crippen molar-refractivity contribution in [1.82, 2.24) is 14.5 Å². The highest BCUT2D eigenvalue weighted by atomic mass is 32.1. The zero-order chi connectivity index (χ0) is 20.5. The normalized spacial score (nSPS) is 11.0. The molecule has 4 rings (SSSR count). The Balaban J connectivity index is 1.63. The number of aromatic nitrogens is 2. The molecule has 5 nitrogen and oxygen atoms in total. The summed E-state index contributed by atoms with van der Waals surface area (Å²) in [4.78, 5) is 33.2. The highest BCUT2D eigenvalue weighted by molar-refractivity contribution is 7.10. The van der Waals surface area contributed by atoms with Crippen LogP contribution in [0.25, 0.3) is 16.6 Å². The van der Waals surface area contributed by atoms with Gasteiger partial charge >= 0.3 is 0 Å². The van der Waals surface area contributed by atoms with E-state index in [2.05, 4.69) is 18.0 Å². The number of fused-ring (bicyclic) bond motifs is 1. The van der Waals surface area contributed by atoms with Gasteiger partial charge in [0.15, 0.2) is 0 Å². The van der Waals surface area contributed by atoms with Crippen molar-refractivity contribution in [3.05, 3.63) is 92.2 Å². The van der Waals surface area contributed by atoms with Crippen LogP contribution in [-0.4, -0.2) is 27.4 Å². The van der Waals surface area contributed by atoms with Crippen molar-refractivity contribution in [2.24, 2.45) is 0 Å². The van der Waals surface area contributed by atoms with E-state index in [1.54, 1.807) is 58.2 Å². The fourth-order valence-electron chi connectivity index (χ4n) is 3.37. The molecule has 0 fully saturated rings. The molecule has 1 amide bonds. The lowest BCUT2D eigenvalue weighted by atomic mass is 10.1. The van der Waals surface area contributed by atoms with E-state index in [0.29, 0.717) is 34.5 Å². The van der Waals surface area contributed by atoms with E-state index in [9.17, 15) is 9.59 Å². The Hall–Kier alpha value is -3.25. The van der Waals surface area contributed by atoms with E-state index < -0.39 is 0 Å². The van der Waals surface area contributed by atoms with E-state index in [0.717, 1.165) is 0 Å². The molecule has 2 aromatic carbocycles. The van der Waals surface area contributed by atoms with Crippen LogP contribution in [0.1, 0.15) is 26.6 Å². The summed E-state index contributed by atoms with van der Waals surface area (Å²) in [5.74, 6) is 0.558. The average Bonchev–Trinajstić information content (AvgIpc) is 3.12. The summed E-state index contributed by atoms with van der Waals surface area (Å²) in [6.45, 7) is 4.44. The SMILES string of the molecule is Cc1ccsc1CN(C)C(=O)c1ccc(-n2c(C)nc3ccccc3c2=O)cc1. The summed E-state index contributed by atoms with van der Waals surface area (Å²) in [5, 5.41) is 2.61. The van der Waals surface area contributed by atoms with Gasteiger partial charge in [-0.05, 0) is 67.3 Å². The Morgan fingerprint density at radius 1 is 1.07 bits per heavy atom. The molecule has 6 heteroatoms. The maximum Gasteiger partial charge on any atom is 0.265 e. The zero-order valence-corrected chi connectivity index (χ0v) is 17.4. The van der Waals surface area contributed by atoms with Gasteiger partial charge < -0.3 is 4.90 Å². The smallest absolute Gasteiger partial charge is 0.265 e. The molecular formula is C23H21N3O2S. The third-order valence-electron chi connectivity index (χ3n) is 5.01. The molecule has 0 aliphatic carbocycles. The number of hydrogen-bond acceptors (Lipinski definition) is 4. The summed E-state index contributed by atoms with van der Waals surface area (Å²) in [6.07, 6.45) is 0.